The summed E-state index contributed by atoms with van der Waals surface area (Å²) in [4.78, 5) is 22.5. The van der Waals surface area contributed by atoms with E-state index in [-0.39, 0.29) is 47.4 Å². The Hall–Kier alpha value is -5.38. The van der Waals surface area contributed by atoms with E-state index in [1.54, 1.807) is 41.2 Å². The van der Waals surface area contributed by atoms with Crippen molar-refractivity contribution in [1.29, 1.82) is 0 Å². The number of benzene rings is 2. The molecule has 0 unspecified atom stereocenters. The van der Waals surface area contributed by atoms with Crippen LogP contribution in [-0.2, 0) is 31.4 Å². The van der Waals surface area contributed by atoms with Crippen molar-refractivity contribution in [3.63, 3.8) is 0 Å². The molecule has 1 N–H and O–H groups in total. The van der Waals surface area contributed by atoms with E-state index in [0.29, 0.717) is 30.0 Å². The molecule has 47 heavy (non-hydrogen) atoms. The number of aromatic carboxylic acids is 1. The summed E-state index contributed by atoms with van der Waals surface area (Å²) < 4.78 is 46.1. The van der Waals surface area contributed by atoms with E-state index in [1.165, 1.54) is 17.4 Å². The molecule has 0 radical (unpaired) electrons. The van der Waals surface area contributed by atoms with E-state index < -0.39 is 17.6 Å². The van der Waals surface area contributed by atoms with Crippen LogP contribution in [0.3, 0.4) is 0 Å². The first-order chi connectivity index (χ1) is 22.8. The Kier molecular flexibility index (Phi) is 8.24. The zero-order valence-electron chi connectivity index (χ0n) is 25.1. The highest BCUT2D eigenvalue weighted by Crippen LogP contribution is 2.29. The van der Waals surface area contributed by atoms with E-state index in [2.05, 4.69) is 26.9 Å². The van der Waals surface area contributed by atoms with Gasteiger partial charge in [-0.3, -0.25) is 4.68 Å². The highest BCUT2D eigenvalue weighted by Gasteiger charge is 2.24. The van der Waals surface area contributed by atoms with Gasteiger partial charge in [0.1, 0.15) is 24.1 Å². The molecule has 1 saturated heterocycles. The number of aromatic nitrogens is 5. The Morgan fingerprint density at radius 2 is 1.98 bits per heavy atom. The van der Waals surface area contributed by atoms with Crippen molar-refractivity contribution in [3.05, 3.63) is 117 Å². The zero-order chi connectivity index (χ0) is 32.5. The SMILES string of the molecule is Cn1cc(C#Cc2ccc(COc3cccc(-c4cc(F)c(Cc5nc6ccc(C(=O)O)cc6n5C[C@@H]5CCO5)cc4F)n3)s2)cn1. The van der Waals surface area contributed by atoms with Crippen molar-refractivity contribution in [2.24, 2.45) is 7.05 Å². The van der Waals surface area contributed by atoms with Gasteiger partial charge in [-0.2, -0.15) is 5.10 Å². The van der Waals surface area contributed by atoms with Crippen molar-refractivity contribution >= 4 is 28.3 Å². The summed E-state index contributed by atoms with van der Waals surface area (Å²) in [6.45, 7) is 1.32. The molecule has 5 heterocycles. The number of ether oxygens (including phenoxy) is 2. The summed E-state index contributed by atoms with van der Waals surface area (Å²) in [6, 6.07) is 15.7. The molecule has 0 bridgehead atoms. The van der Waals surface area contributed by atoms with Gasteiger partial charge in [-0.1, -0.05) is 17.9 Å². The number of fused-ring (bicyclic) bond motifs is 1. The number of rotatable bonds is 9. The molecule has 1 aliphatic rings. The normalized spacial score (nSPS) is 14.1. The van der Waals surface area contributed by atoms with E-state index in [0.717, 1.165) is 33.9 Å². The fourth-order valence-electron chi connectivity index (χ4n) is 5.30. The van der Waals surface area contributed by atoms with Gasteiger partial charge in [0.25, 0.3) is 0 Å². The third-order valence-corrected chi connectivity index (χ3v) is 8.77. The summed E-state index contributed by atoms with van der Waals surface area (Å²) in [6.07, 6.45) is 4.33. The second-order valence-corrected chi connectivity index (χ2v) is 12.3. The van der Waals surface area contributed by atoms with Crippen LogP contribution in [0.25, 0.3) is 22.3 Å². The predicted molar refractivity (Wildman–Crippen MR) is 171 cm³/mol. The minimum atomic E-state index is -1.06. The molecule has 4 aromatic heterocycles. The molecule has 0 saturated carbocycles. The van der Waals surface area contributed by atoms with E-state index in [9.17, 15) is 9.90 Å². The Balaban J connectivity index is 1.08. The number of hydrogen-bond acceptors (Lipinski definition) is 7. The lowest BCUT2D eigenvalue weighted by Gasteiger charge is -2.27. The van der Waals surface area contributed by atoms with Crippen LogP contribution >= 0.6 is 11.3 Å². The largest absolute Gasteiger partial charge is 0.478 e. The minimum Gasteiger partial charge on any atom is -0.478 e. The predicted octanol–water partition coefficient (Wildman–Crippen LogP) is 6.23. The van der Waals surface area contributed by atoms with Gasteiger partial charge in [0.2, 0.25) is 5.88 Å². The second kappa shape index (κ2) is 12.8. The standard InChI is InChI=1S/C35H27F2N5O4S/c1-41-18-21(17-38-41)5-7-25-8-9-26(47-25)20-46-34-4-2-3-30(40-34)27-16-28(36)23(13-29(27)37)15-33-39-31-10-6-22(35(43)44)14-32(31)42(33)19-24-11-12-45-24/h2-4,6,8-10,13-14,16-18,24H,11-12,15,19-20H2,1H3,(H,43,44)/t24-/m0/s1. The molecule has 6 aromatic rings. The van der Waals surface area contributed by atoms with E-state index in [1.807, 2.05) is 29.9 Å². The minimum absolute atomic E-state index is 0.00116. The smallest absolute Gasteiger partial charge is 0.335 e. The van der Waals surface area contributed by atoms with Gasteiger partial charge in [0.05, 0.1) is 51.6 Å². The third kappa shape index (κ3) is 6.63. The summed E-state index contributed by atoms with van der Waals surface area (Å²) in [7, 11) is 1.84. The maximum absolute atomic E-state index is 15.6. The lowest BCUT2D eigenvalue weighted by atomic mass is 10.0. The number of halogens is 2. The Morgan fingerprint density at radius 3 is 2.74 bits per heavy atom. The number of pyridine rings is 1. The van der Waals surface area contributed by atoms with Crippen LogP contribution in [0.5, 0.6) is 5.88 Å². The summed E-state index contributed by atoms with van der Waals surface area (Å²) in [5.41, 5.74) is 2.46. The van der Waals surface area contributed by atoms with E-state index in [4.69, 9.17) is 9.47 Å². The van der Waals surface area contributed by atoms with Gasteiger partial charge >= 0.3 is 5.97 Å². The molecule has 1 aliphatic heterocycles. The summed E-state index contributed by atoms with van der Waals surface area (Å²) >= 11 is 1.49. The molecule has 1 fully saturated rings. The number of carboxylic acid groups (broad SMARTS) is 1. The number of thiophene rings is 1. The van der Waals surface area contributed by atoms with Crippen LogP contribution in [0, 0.1) is 23.5 Å². The number of aryl methyl sites for hydroxylation is 1. The lowest BCUT2D eigenvalue weighted by Crippen LogP contribution is -2.31. The van der Waals surface area contributed by atoms with Crippen LogP contribution in [0.1, 0.15) is 43.5 Å². The van der Waals surface area contributed by atoms with Crippen LogP contribution in [0.2, 0.25) is 0 Å². The number of nitrogens with zero attached hydrogens (tertiary/aromatic N) is 5. The molecular formula is C35H27F2N5O4S. The number of imidazole rings is 1. The van der Waals surface area contributed by atoms with Gasteiger partial charge in [-0.25, -0.2) is 23.5 Å². The highest BCUT2D eigenvalue weighted by molar-refractivity contribution is 7.12. The number of hydrogen-bond donors (Lipinski definition) is 1. The van der Waals surface area contributed by atoms with Crippen molar-refractivity contribution in [3.8, 4) is 29.0 Å². The number of carbonyl (C=O) groups is 1. The summed E-state index contributed by atoms with van der Waals surface area (Å²) in [5.74, 6) is 4.64. The molecular weight excluding hydrogens is 624 g/mol. The van der Waals surface area contributed by atoms with Crippen LogP contribution in [-0.4, -0.2) is 48.1 Å². The topological polar surface area (TPSA) is 104 Å². The first-order valence-electron chi connectivity index (χ1n) is 14.8. The molecule has 0 spiro atoms. The van der Waals surface area contributed by atoms with Gasteiger partial charge in [-0.15, -0.1) is 11.3 Å². The van der Waals surface area contributed by atoms with Crippen molar-refractivity contribution in [1.82, 2.24) is 24.3 Å². The molecule has 12 heteroatoms. The summed E-state index contributed by atoms with van der Waals surface area (Å²) in [5, 5.41) is 13.6. The van der Waals surface area contributed by atoms with Gasteiger partial charge < -0.3 is 19.1 Å². The third-order valence-electron chi connectivity index (χ3n) is 7.80. The number of carboxylic acids is 1. The molecule has 7 rings (SSSR count). The lowest BCUT2D eigenvalue weighted by molar-refractivity contribution is -0.0589. The first kappa shape index (κ1) is 30.3. The average molecular weight is 652 g/mol. The average Bonchev–Trinajstić information content (AvgIpc) is 3.76. The fourth-order valence-corrected chi connectivity index (χ4v) is 6.07. The molecule has 0 amide bonds. The molecule has 0 aliphatic carbocycles. The van der Waals surface area contributed by atoms with Crippen molar-refractivity contribution in [2.75, 3.05) is 6.61 Å². The maximum atomic E-state index is 15.6. The fraction of sp³-hybridized carbons (Fsp3) is 0.200. The molecule has 9 nitrogen and oxygen atoms in total. The zero-order valence-corrected chi connectivity index (χ0v) is 25.9. The van der Waals surface area contributed by atoms with Gasteiger partial charge in [-0.05, 0) is 60.5 Å². The van der Waals surface area contributed by atoms with Gasteiger partial charge in [0.15, 0.2) is 0 Å². The van der Waals surface area contributed by atoms with Crippen molar-refractivity contribution < 1.29 is 28.2 Å². The van der Waals surface area contributed by atoms with Gasteiger partial charge in [0, 0.05) is 42.8 Å². The van der Waals surface area contributed by atoms with Crippen LogP contribution in [0.15, 0.2) is 73.1 Å². The van der Waals surface area contributed by atoms with Crippen molar-refractivity contribution in [2.45, 2.75) is 32.1 Å². The molecule has 2 aromatic carbocycles. The Morgan fingerprint density at radius 1 is 1.11 bits per heavy atom. The van der Waals surface area contributed by atoms with E-state index >= 15 is 8.78 Å². The van der Waals surface area contributed by atoms with Crippen LogP contribution < -0.4 is 4.74 Å². The Bertz CT molecular complexity index is 2190. The maximum Gasteiger partial charge on any atom is 0.335 e. The Labute approximate surface area is 272 Å². The highest BCUT2D eigenvalue weighted by atomic mass is 32.1. The molecule has 236 valence electrons. The quantitative estimate of drug-likeness (QED) is 0.185. The van der Waals surface area contributed by atoms with Crippen LogP contribution in [0.4, 0.5) is 8.78 Å². The second-order valence-electron chi connectivity index (χ2n) is 11.1. The first-order valence-corrected chi connectivity index (χ1v) is 15.6. The molecule has 1 atom stereocenters. The monoisotopic (exact) mass is 651 g/mol.